The number of hydrogen-bond donors (Lipinski definition) is 2. The van der Waals surface area contributed by atoms with Gasteiger partial charge in [0.25, 0.3) is 0 Å². The fraction of sp³-hybridized carbons (Fsp3) is 0.316. The smallest absolute Gasteiger partial charge is 0.166 e. The summed E-state index contributed by atoms with van der Waals surface area (Å²) in [5.74, 6) is 0.912. The quantitative estimate of drug-likeness (QED) is 0.732. The molecule has 136 valence electrons. The Bertz CT molecular complexity index is 972. The van der Waals surface area contributed by atoms with Crippen molar-refractivity contribution in [2.75, 3.05) is 5.73 Å². The number of halogens is 1. The molecule has 2 aromatic heterocycles. The SMILES string of the molecule is CCCn1c(-c2cccc(F)c2)nc2c(N)nc(/C=C/C(C)(C)O)nc21. The third-order valence-electron chi connectivity index (χ3n) is 3.81. The lowest BCUT2D eigenvalue weighted by Gasteiger charge is -2.10. The second kappa shape index (κ2) is 6.84. The van der Waals surface area contributed by atoms with Gasteiger partial charge in [0, 0.05) is 12.1 Å². The Kier molecular flexibility index (Phi) is 4.73. The van der Waals surface area contributed by atoms with Gasteiger partial charge in [0.05, 0.1) is 5.60 Å². The van der Waals surface area contributed by atoms with Gasteiger partial charge < -0.3 is 15.4 Å². The van der Waals surface area contributed by atoms with Gasteiger partial charge in [-0.3, -0.25) is 0 Å². The molecule has 0 aliphatic heterocycles. The average molecular weight is 355 g/mol. The molecule has 0 aliphatic rings. The maximum Gasteiger partial charge on any atom is 0.166 e. The van der Waals surface area contributed by atoms with Crippen LogP contribution in [0.15, 0.2) is 30.3 Å². The molecule has 6 nitrogen and oxygen atoms in total. The van der Waals surface area contributed by atoms with Crippen LogP contribution >= 0.6 is 0 Å². The molecular weight excluding hydrogens is 333 g/mol. The lowest BCUT2D eigenvalue weighted by atomic mass is 10.1. The molecule has 0 aliphatic carbocycles. The fourth-order valence-electron chi connectivity index (χ4n) is 2.68. The van der Waals surface area contributed by atoms with Gasteiger partial charge in [-0.15, -0.1) is 0 Å². The van der Waals surface area contributed by atoms with E-state index in [0.717, 1.165) is 6.42 Å². The van der Waals surface area contributed by atoms with Crippen LogP contribution in [0, 0.1) is 5.82 Å². The molecule has 7 heteroatoms. The van der Waals surface area contributed by atoms with Gasteiger partial charge in [0.1, 0.15) is 11.6 Å². The van der Waals surface area contributed by atoms with E-state index in [0.29, 0.717) is 34.9 Å². The van der Waals surface area contributed by atoms with Gasteiger partial charge in [-0.1, -0.05) is 19.1 Å². The number of imidazole rings is 1. The topological polar surface area (TPSA) is 89.9 Å². The van der Waals surface area contributed by atoms with Gasteiger partial charge in [0.2, 0.25) is 0 Å². The first-order valence-corrected chi connectivity index (χ1v) is 8.50. The van der Waals surface area contributed by atoms with E-state index < -0.39 is 5.60 Å². The zero-order chi connectivity index (χ0) is 18.9. The van der Waals surface area contributed by atoms with E-state index in [-0.39, 0.29) is 11.6 Å². The summed E-state index contributed by atoms with van der Waals surface area (Å²) in [4.78, 5) is 13.4. The minimum atomic E-state index is -0.983. The molecule has 0 spiro atoms. The van der Waals surface area contributed by atoms with Crippen LogP contribution in [0.3, 0.4) is 0 Å². The Hall–Kier alpha value is -2.80. The summed E-state index contributed by atoms with van der Waals surface area (Å²) in [7, 11) is 0. The molecule has 0 bridgehead atoms. The first kappa shape index (κ1) is 18.0. The minimum absolute atomic E-state index is 0.248. The molecule has 0 radical (unpaired) electrons. The van der Waals surface area contributed by atoms with Crippen molar-refractivity contribution in [1.82, 2.24) is 19.5 Å². The number of rotatable bonds is 5. The largest absolute Gasteiger partial charge is 0.386 e. The van der Waals surface area contributed by atoms with Crippen LogP contribution in [0.5, 0.6) is 0 Å². The first-order chi connectivity index (χ1) is 12.3. The second-order valence-corrected chi connectivity index (χ2v) is 6.72. The highest BCUT2D eigenvalue weighted by atomic mass is 19.1. The third kappa shape index (κ3) is 3.72. The molecule has 2 heterocycles. The number of aryl methyl sites for hydroxylation is 1. The van der Waals surface area contributed by atoms with Crippen molar-refractivity contribution in [1.29, 1.82) is 0 Å². The van der Waals surface area contributed by atoms with Gasteiger partial charge in [-0.2, -0.15) is 0 Å². The molecule has 0 unspecified atom stereocenters. The van der Waals surface area contributed by atoms with Crippen molar-refractivity contribution >= 4 is 23.1 Å². The molecule has 26 heavy (non-hydrogen) atoms. The van der Waals surface area contributed by atoms with Crippen LogP contribution in [-0.4, -0.2) is 30.2 Å². The summed E-state index contributed by atoms with van der Waals surface area (Å²) >= 11 is 0. The average Bonchev–Trinajstić information content (AvgIpc) is 2.92. The highest BCUT2D eigenvalue weighted by molar-refractivity contribution is 5.86. The van der Waals surface area contributed by atoms with Crippen LogP contribution < -0.4 is 5.73 Å². The predicted molar refractivity (Wildman–Crippen MR) is 101 cm³/mol. The van der Waals surface area contributed by atoms with E-state index in [4.69, 9.17) is 5.73 Å². The highest BCUT2D eigenvalue weighted by Gasteiger charge is 2.17. The molecule has 0 atom stereocenters. The molecule has 1 aromatic carbocycles. The molecule has 3 aromatic rings. The normalized spacial score (nSPS) is 12.3. The van der Waals surface area contributed by atoms with Gasteiger partial charge in [-0.05, 0) is 44.6 Å². The second-order valence-electron chi connectivity index (χ2n) is 6.72. The number of aromatic nitrogens is 4. The van der Waals surface area contributed by atoms with Crippen molar-refractivity contribution < 1.29 is 9.50 Å². The van der Waals surface area contributed by atoms with E-state index in [1.165, 1.54) is 12.1 Å². The highest BCUT2D eigenvalue weighted by Crippen LogP contribution is 2.27. The van der Waals surface area contributed by atoms with Crippen molar-refractivity contribution in [3.63, 3.8) is 0 Å². The zero-order valence-electron chi connectivity index (χ0n) is 15.1. The maximum absolute atomic E-state index is 13.7. The number of hydrogen-bond acceptors (Lipinski definition) is 5. The summed E-state index contributed by atoms with van der Waals surface area (Å²) in [5, 5.41) is 9.85. The molecular formula is C19H22FN5O. The maximum atomic E-state index is 13.7. The number of nitrogens with zero attached hydrogens (tertiary/aromatic N) is 4. The van der Waals surface area contributed by atoms with E-state index in [9.17, 15) is 9.50 Å². The molecule has 0 fully saturated rings. The van der Waals surface area contributed by atoms with Crippen molar-refractivity contribution in [2.24, 2.45) is 0 Å². The standard InChI is InChI=1S/C19H22FN5O/c1-4-10-25-17(12-6-5-7-13(20)11-12)24-15-16(21)22-14(23-18(15)25)8-9-19(2,3)26/h5-9,11,26H,4,10H2,1-3H3,(H2,21,22,23)/b9-8+. The number of aliphatic hydroxyl groups is 1. The van der Waals surface area contributed by atoms with Crippen molar-refractivity contribution in [2.45, 2.75) is 39.3 Å². The predicted octanol–water partition coefficient (Wildman–Crippen LogP) is 3.41. The Morgan fingerprint density at radius 3 is 2.69 bits per heavy atom. The van der Waals surface area contributed by atoms with Gasteiger partial charge >= 0.3 is 0 Å². The Morgan fingerprint density at radius 2 is 2.04 bits per heavy atom. The summed E-state index contributed by atoms with van der Waals surface area (Å²) < 4.78 is 15.6. The van der Waals surface area contributed by atoms with Gasteiger partial charge in [-0.25, -0.2) is 19.3 Å². The summed E-state index contributed by atoms with van der Waals surface area (Å²) in [6.45, 7) is 6.03. The van der Waals surface area contributed by atoms with E-state index in [1.807, 2.05) is 11.5 Å². The van der Waals surface area contributed by atoms with Gasteiger partial charge in [0.15, 0.2) is 22.8 Å². The minimum Gasteiger partial charge on any atom is -0.386 e. The molecule has 0 amide bonds. The monoisotopic (exact) mass is 355 g/mol. The molecule has 3 rings (SSSR count). The summed E-state index contributed by atoms with van der Waals surface area (Å²) in [6.07, 6.45) is 4.08. The number of anilines is 1. The summed E-state index contributed by atoms with van der Waals surface area (Å²) in [5.41, 5.74) is 6.84. The molecule has 0 saturated heterocycles. The Labute approximate surface area is 151 Å². The van der Waals surface area contributed by atoms with Crippen LogP contribution in [0.2, 0.25) is 0 Å². The number of fused-ring (bicyclic) bond motifs is 1. The number of benzene rings is 1. The third-order valence-corrected chi connectivity index (χ3v) is 3.81. The number of nitrogens with two attached hydrogens (primary N) is 1. The van der Waals surface area contributed by atoms with E-state index in [2.05, 4.69) is 15.0 Å². The Balaban J connectivity index is 2.20. The van der Waals surface area contributed by atoms with Crippen LogP contribution in [0.25, 0.3) is 28.6 Å². The van der Waals surface area contributed by atoms with E-state index >= 15 is 0 Å². The van der Waals surface area contributed by atoms with Crippen LogP contribution in [0.1, 0.15) is 33.0 Å². The Morgan fingerprint density at radius 1 is 1.27 bits per heavy atom. The summed E-state index contributed by atoms with van der Waals surface area (Å²) in [6, 6.07) is 6.28. The molecule has 0 saturated carbocycles. The fourth-order valence-corrected chi connectivity index (χ4v) is 2.68. The lowest BCUT2D eigenvalue weighted by molar-refractivity contribution is 0.134. The van der Waals surface area contributed by atoms with E-state index in [1.54, 1.807) is 38.1 Å². The van der Waals surface area contributed by atoms with Crippen molar-refractivity contribution in [3.05, 3.63) is 42.0 Å². The number of nitrogen functional groups attached to an aromatic ring is 1. The first-order valence-electron chi connectivity index (χ1n) is 8.50. The zero-order valence-corrected chi connectivity index (χ0v) is 15.1. The van der Waals surface area contributed by atoms with Crippen LogP contribution in [0.4, 0.5) is 10.2 Å². The van der Waals surface area contributed by atoms with Crippen molar-refractivity contribution in [3.8, 4) is 11.4 Å². The molecule has 3 N–H and O–H groups in total. The lowest BCUT2D eigenvalue weighted by Crippen LogP contribution is -2.13. The van der Waals surface area contributed by atoms with Crippen LogP contribution in [-0.2, 0) is 6.54 Å².